The Labute approximate surface area is 184 Å². The largest absolute Gasteiger partial charge is 0.493 e. The van der Waals surface area contributed by atoms with E-state index in [0.717, 1.165) is 40.7 Å². The van der Waals surface area contributed by atoms with Crippen LogP contribution in [0.1, 0.15) is 33.8 Å². The summed E-state index contributed by atoms with van der Waals surface area (Å²) in [5.41, 5.74) is 0. The summed E-state index contributed by atoms with van der Waals surface area (Å²) in [6.07, 6.45) is 1.99. The Balaban J connectivity index is 1.34. The van der Waals surface area contributed by atoms with Crippen LogP contribution in [0.15, 0.2) is 54.6 Å². The van der Waals surface area contributed by atoms with Gasteiger partial charge in [-0.3, -0.25) is 0 Å². The van der Waals surface area contributed by atoms with E-state index in [1.165, 1.54) is 11.3 Å². The smallest absolute Gasteiger partial charge is 0.345 e. The van der Waals surface area contributed by atoms with Crippen molar-refractivity contribution in [2.45, 2.75) is 37.2 Å². The molecule has 1 aliphatic rings. The number of rotatable bonds is 8. The van der Waals surface area contributed by atoms with Crippen LogP contribution >= 0.6 is 22.9 Å². The molecule has 30 heavy (non-hydrogen) atoms. The second-order valence-electron chi connectivity index (χ2n) is 7.90. The summed E-state index contributed by atoms with van der Waals surface area (Å²) >= 11 is 7.71. The number of aryl methyl sites for hydroxylation is 1. The van der Waals surface area contributed by atoms with Gasteiger partial charge in [-0.2, -0.15) is 0 Å². The molecule has 4 rings (SSSR count). The zero-order valence-corrected chi connectivity index (χ0v) is 18.0. The number of halogens is 2. The Morgan fingerprint density at radius 2 is 1.97 bits per heavy atom. The van der Waals surface area contributed by atoms with Gasteiger partial charge in [0.25, 0.3) is 0 Å². The van der Waals surface area contributed by atoms with Crippen molar-refractivity contribution in [1.82, 2.24) is 0 Å². The normalized spacial score (nSPS) is 23.7. The molecule has 158 valence electrons. The van der Waals surface area contributed by atoms with Crippen LogP contribution in [-0.4, -0.2) is 29.2 Å². The monoisotopic (exact) mass is 446 g/mol. The predicted molar refractivity (Wildman–Crippen MR) is 120 cm³/mol. The second kappa shape index (κ2) is 9.36. The molecule has 3 aromatic rings. The molecule has 0 saturated heterocycles. The molecule has 2 aromatic carbocycles. The SMILES string of the molecule is O=C(O)c1ccc(CCC[C@H]2CC(F)C(Cl)C2COc2ccc3ccccc3c2)s1. The van der Waals surface area contributed by atoms with Crippen molar-refractivity contribution in [3.63, 3.8) is 0 Å². The lowest BCUT2D eigenvalue weighted by atomic mass is 9.91. The Morgan fingerprint density at radius 1 is 1.17 bits per heavy atom. The fourth-order valence-electron chi connectivity index (χ4n) is 4.30. The van der Waals surface area contributed by atoms with E-state index in [-0.39, 0.29) is 11.8 Å². The van der Waals surface area contributed by atoms with E-state index in [1.54, 1.807) is 6.07 Å². The van der Waals surface area contributed by atoms with E-state index in [4.69, 9.17) is 21.4 Å². The third-order valence-electron chi connectivity index (χ3n) is 5.92. The summed E-state index contributed by atoms with van der Waals surface area (Å²) in [6, 6.07) is 17.6. The average molecular weight is 447 g/mol. The molecule has 3 nitrogen and oxygen atoms in total. The van der Waals surface area contributed by atoms with Gasteiger partial charge in [0.05, 0.1) is 12.0 Å². The molecule has 3 unspecified atom stereocenters. The van der Waals surface area contributed by atoms with Gasteiger partial charge in [0.2, 0.25) is 0 Å². The standard InChI is InChI=1S/C24H24ClFO3S/c25-23-20(14-29-18-9-8-15-4-1-2-5-16(15)12-18)17(13-21(23)26)6-3-7-19-10-11-22(30-19)24(27)28/h1-2,4-5,8-12,17,20-21,23H,3,6-7,13-14H2,(H,27,28)/t17-,20?,21?,23?/m0/s1. The molecular weight excluding hydrogens is 423 g/mol. The number of thiophene rings is 1. The van der Waals surface area contributed by atoms with Gasteiger partial charge in [-0.15, -0.1) is 22.9 Å². The lowest BCUT2D eigenvalue weighted by Crippen LogP contribution is -2.25. The van der Waals surface area contributed by atoms with Crippen LogP contribution in [0.5, 0.6) is 5.75 Å². The van der Waals surface area contributed by atoms with Gasteiger partial charge in [-0.05, 0) is 66.6 Å². The van der Waals surface area contributed by atoms with Crippen LogP contribution < -0.4 is 4.74 Å². The van der Waals surface area contributed by atoms with Crippen molar-refractivity contribution < 1.29 is 19.0 Å². The molecule has 0 radical (unpaired) electrons. The van der Waals surface area contributed by atoms with E-state index in [9.17, 15) is 9.18 Å². The Bertz CT molecular complexity index is 1020. The van der Waals surface area contributed by atoms with Crippen LogP contribution in [0.3, 0.4) is 0 Å². The predicted octanol–water partition coefficient (Wildman–Crippen LogP) is 6.58. The van der Waals surface area contributed by atoms with E-state index < -0.39 is 17.5 Å². The molecule has 4 atom stereocenters. The number of benzene rings is 2. The van der Waals surface area contributed by atoms with Crippen molar-refractivity contribution in [1.29, 1.82) is 0 Å². The fourth-order valence-corrected chi connectivity index (χ4v) is 5.57. The van der Waals surface area contributed by atoms with Crippen molar-refractivity contribution in [2.75, 3.05) is 6.61 Å². The highest BCUT2D eigenvalue weighted by Gasteiger charge is 2.42. The fraction of sp³-hybridized carbons (Fsp3) is 0.375. The first kappa shape index (κ1) is 21.1. The first-order valence-corrected chi connectivity index (χ1v) is 11.5. The van der Waals surface area contributed by atoms with Gasteiger partial charge in [-0.25, -0.2) is 9.18 Å². The van der Waals surface area contributed by atoms with Crippen molar-refractivity contribution in [2.24, 2.45) is 11.8 Å². The van der Waals surface area contributed by atoms with E-state index >= 15 is 0 Å². The number of alkyl halides is 2. The Hall–Kier alpha value is -2.11. The highest BCUT2D eigenvalue weighted by Crippen LogP contribution is 2.41. The zero-order valence-electron chi connectivity index (χ0n) is 16.5. The van der Waals surface area contributed by atoms with E-state index in [0.29, 0.717) is 17.9 Å². The van der Waals surface area contributed by atoms with Gasteiger partial charge in [-0.1, -0.05) is 30.3 Å². The lowest BCUT2D eigenvalue weighted by molar-refractivity contribution is 0.0702. The van der Waals surface area contributed by atoms with Crippen LogP contribution in [0.4, 0.5) is 4.39 Å². The first-order chi connectivity index (χ1) is 14.5. The zero-order chi connectivity index (χ0) is 21.1. The average Bonchev–Trinajstić information content (AvgIpc) is 3.32. The molecule has 1 aromatic heterocycles. The molecule has 6 heteroatoms. The summed E-state index contributed by atoms with van der Waals surface area (Å²) in [4.78, 5) is 12.4. The third-order valence-corrected chi connectivity index (χ3v) is 7.65. The topological polar surface area (TPSA) is 46.5 Å². The highest BCUT2D eigenvalue weighted by molar-refractivity contribution is 7.13. The van der Waals surface area contributed by atoms with Crippen molar-refractivity contribution in [3.05, 3.63) is 64.4 Å². The number of carboxylic acid groups (broad SMARTS) is 1. The maximum absolute atomic E-state index is 14.3. The van der Waals surface area contributed by atoms with Crippen LogP contribution in [0.25, 0.3) is 10.8 Å². The molecule has 0 bridgehead atoms. The van der Waals surface area contributed by atoms with Crippen molar-refractivity contribution in [3.8, 4) is 5.75 Å². The number of hydrogen-bond acceptors (Lipinski definition) is 3. The molecular formula is C24H24ClFO3S. The minimum atomic E-state index is -1.01. The van der Waals surface area contributed by atoms with E-state index in [1.807, 2.05) is 42.5 Å². The van der Waals surface area contributed by atoms with Gasteiger partial charge in [0, 0.05) is 10.8 Å². The van der Waals surface area contributed by atoms with Gasteiger partial charge >= 0.3 is 5.97 Å². The molecule has 0 spiro atoms. The maximum atomic E-state index is 14.3. The number of hydrogen-bond donors (Lipinski definition) is 1. The minimum absolute atomic E-state index is 0.0361. The Morgan fingerprint density at radius 3 is 2.73 bits per heavy atom. The molecule has 1 heterocycles. The van der Waals surface area contributed by atoms with Gasteiger partial charge in [0.1, 0.15) is 16.8 Å². The minimum Gasteiger partial charge on any atom is -0.493 e. The number of aromatic carboxylic acids is 1. The molecule has 1 N–H and O–H groups in total. The second-order valence-corrected chi connectivity index (χ2v) is 9.58. The summed E-state index contributed by atoms with van der Waals surface area (Å²) in [5, 5.41) is 10.8. The third kappa shape index (κ3) is 4.79. The van der Waals surface area contributed by atoms with Crippen molar-refractivity contribution >= 4 is 39.7 Å². The van der Waals surface area contributed by atoms with E-state index in [2.05, 4.69) is 6.07 Å². The molecule has 1 aliphatic carbocycles. The lowest BCUT2D eigenvalue weighted by Gasteiger charge is -2.22. The summed E-state index contributed by atoms with van der Waals surface area (Å²) in [6.45, 7) is 0.403. The molecule has 1 fully saturated rings. The number of fused-ring (bicyclic) bond motifs is 1. The Kier molecular flexibility index (Phi) is 6.59. The summed E-state index contributed by atoms with van der Waals surface area (Å²) in [7, 11) is 0. The molecule has 0 aliphatic heterocycles. The first-order valence-electron chi connectivity index (χ1n) is 10.2. The quantitative estimate of drug-likeness (QED) is 0.397. The summed E-state index contributed by atoms with van der Waals surface area (Å²) < 4.78 is 20.4. The van der Waals surface area contributed by atoms with Crippen LogP contribution in [0.2, 0.25) is 0 Å². The van der Waals surface area contributed by atoms with Gasteiger partial charge < -0.3 is 9.84 Å². The summed E-state index contributed by atoms with van der Waals surface area (Å²) in [5.74, 6) is 0.0181. The van der Waals surface area contributed by atoms with Gasteiger partial charge in [0.15, 0.2) is 0 Å². The maximum Gasteiger partial charge on any atom is 0.345 e. The number of carbonyl (C=O) groups is 1. The number of ether oxygens (including phenoxy) is 1. The highest BCUT2D eigenvalue weighted by atomic mass is 35.5. The van der Waals surface area contributed by atoms with Crippen LogP contribution in [-0.2, 0) is 6.42 Å². The molecule has 1 saturated carbocycles. The number of carboxylic acids is 1. The molecule has 0 amide bonds. The van der Waals surface area contributed by atoms with Crippen LogP contribution in [0, 0.1) is 11.8 Å².